The highest BCUT2D eigenvalue weighted by atomic mass is 32.2. The van der Waals surface area contributed by atoms with E-state index < -0.39 is 0 Å². The largest absolute Gasteiger partial charge is 0.372 e. The Morgan fingerprint density at radius 2 is 1.70 bits per heavy atom. The molecule has 1 saturated heterocycles. The molecule has 7 heteroatoms. The third-order valence-corrected chi connectivity index (χ3v) is 6.36. The summed E-state index contributed by atoms with van der Waals surface area (Å²) < 4.78 is 5.71. The minimum absolute atomic E-state index is 0.00511. The van der Waals surface area contributed by atoms with Gasteiger partial charge in [-0.05, 0) is 55.8 Å². The third-order valence-electron chi connectivity index (χ3n) is 5.33. The number of amides is 2. The quantitative estimate of drug-likeness (QED) is 0.589. The molecule has 2 amide bonds. The van der Waals surface area contributed by atoms with Gasteiger partial charge in [-0.3, -0.25) is 9.59 Å². The van der Waals surface area contributed by atoms with Crippen LogP contribution >= 0.6 is 11.8 Å². The Bertz CT molecular complexity index is 1100. The minimum Gasteiger partial charge on any atom is -0.372 e. The molecular weight excluding hydrogens is 434 g/mol. The number of ether oxygens (including phenoxy) is 1. The molecule has 0 bridgehead atoms. The first-order chi connectivity index (χ1) is 16.0. The van der Waals surface area contributed by atoms with Crippen LogP contribution in [-0.2, 0) is 11.3 Å². The first kappa shape index (κ1) is 23.0. The molecule has 2 atom stereocenters. The molecule has 0 spiro atoms. The van der Waals surface area contributed by atoms with Gasteiger partial charge in [-0.2, -0.15) is 0 Å². The molecule has 2 unspecified atom stereocenters. The van der Waals surface area contributed by atoms with Gasteiger partial charge in [0.15, 0.2) is 0 Å². The second-order valence-corrected chi connectivity index (χ2v) is 9.18. The highest BCUT2D eigenvalue weighted by Gasteiger charge is 2.26. The molecular formula is C26H27N3O3S. The Kier molecular flexibility index (Phi) is 7.42. The summed E-state index contributed by atoms with van der Waals surface area (Å²) in [5, 5.41) is 3.62. The Hall–Kier alpha value is -3.16. The molecule has 0 aliphatic carbocycles. The van der Waals surface area contributed by atoms with Crippen molar-refractivity contribution in [2.24, 2.45) is 0 Å². The van der Waals surface area contributed by atoms with Crippen molar-refractivity contribution < 1.29 is 14.3 Å². The average Bonchev–Trinajstić information content (AvgIpc) is 2.83. The molecule has 2 heterocycles. The van der Waals surface area contributed by atoms with Crippen LogP contribution < -0.4 is 5.32 Å². The molecule has 33 heavy (non-hydrogen) atoms. The summed E-state index contributed by atoms with van der Waals surface area (Å²) in [7, 11) is 0. The number of benzene rings is 2. The molecule has 170 valence electrons. The highest BCUT2D eigenvalue weighted by Crippen LogP contribution is 2.28. The third kappa shape index (κ3) is 6.00. The van der Waals surface area contributed by atoms with E-state index in [4.69, 9.17) is 4.74 Å². The fourth-order valence-electron chi connectivity index (χ4n) is 3.81. The molecule has 2 aromatic carbocycles. The van der Waals surface area contributed by atoms with Crippen molar-refractivity contribution in [1.29, 1.82) is 0 Å². The van der Waals surface area contributed by atoms with Crippen LogP contribution in [0.25, 0.3) is 0 Å². The van der Waals surface area contributed by atoms with E-state index in [1.807, 2.05) is 73.3 Å². The molecule has 6 nitrogen and oxygen atoms in total. The van der Waals surface area contributed by atoms with Gasteiger partial charge in [0.05, 0.1) is 17.8 Å². The summed E-state index contributed by atoms with van der Waals surface area (Å²) >= 11 is 1.46. The smallest absolute Gasteiger partial charge is 0.254 e. The van der Waals surface area contributed by atoms with E-state index in [0.717, 1.165) is 10.5 Å². The standard InChI is InChI=1S/C26H27N3O3S/c1-18-16-29(17-19(2)32-18)26(31)21-12-10-20(11-13-21)15-28-24(30)23-9-6-14-27-25(23)33-22-7-4-3-5-8-22/h3-14,18-19H,15-17H2,1-2H3,(H,28,30). The molecule has 0 saturated carbocycles. The molecule has 1 N–H and O–H groups in total. The summed E-state index contributed by atoms with van der Waals surface area (Å²) in [5.41, 5.74) is 2.10. The first-order valence-corrected chi connectivity index (χ1v) is 11.8. The van der Waals surface area contributed by atoms with Gasteiger partial charge in [-0.25, -0.2) is 4.98 Å². The van der Waals surface area contributed by atoms with Gasteiger partial charge >= 0.3 is 0 Å². The van der Waals surface area contributed by atoms with Crippen LogP contribution in [0.2, 0.25) is 0 Å². The number of hydrogen-bond donors (Lipinski definition) is 1. The summed E-state index contributed by atoms with van der Waals surface area (Å²) in [4.78, 5) is 32.9. The molecule has 1 aliphatic rings. The van der Waals surface area contributed by atoms with Crippen LogP contribution in [0.1, 0.15) is 40.1 Å². The van der Waals surface area contributed by atoms with Crippen LogP contribution in [0.15, 0.2) is 82.8 Å². The summed E-state index contributed by atoms with van der Waals surface area (Å²) in [6.07, 6.45) is 1.75. The molecule has 3 aromatic rings. The Morgan fingerprint density at radius 1 is 1.00 bits per heavy atom. The van der Waals surface area contributed by atoms with Crippen molar-refractivity contribution in [2.75, 3.05) is 13.1 Å². The lowest BCUT2D eigenvalue weighted by Crippen LogP contribution is -2.48. The maximum absolute atomic E-state index is 12.8. The van der Waals surface area contributed by atoms with E-state index in [2.05, 4.69) is 10.3 Å². The van der Waals surface area contributed by atoms with E-state index in [-0.39, 0.29) is 24.0 Å². The molecule has 1 fully saturated rings. The fourth-order valence-corrected chi connectivity index (χ4v) is 4.71. The molecule has 0 radical (unpaired) electrons. The number of carbonyl (C=O) groups excluding carboxylic acids is 2. The van der Waals surface area contributed by atoms with E-state index in [0.29, 0.717) is 35.8 Å². The SMILES string of the molecule is CC1CN(C(=O)c2ccc(CNC(=O)c3cccnc3Sc3ccccc3)cc2)CC(C)O1. The van der Waals surface area contributed by atoms with Crippen molar-refractivity contribution in [2.45, 2.75) is 42.5 Å². The van der Waals surface area contributed by atoms with Crippen molar-refractivity contribution in [3.63, 3.8) is 0 Å². The van der Waals surface area contributed by atoms with Crippen LogP contribution in [0, 0.1) is 0 Å². The number of hydrogen-bond acceptors (Lipinski definition) is 5. The normalized spacial score (nSPS) is 18.1. The molecule has 1 aromatic heterocycles. The van der Waals surface area contributed by atoms with Gasteiger partial charge in [-0.1, -0.05) is 42.1 Å². The van der Waals surface area contributed by atoms with Gasteiger partial charge in [0.2, 0.25) is 0 Å². The van der Waals surface area contributed by atoms with Crippen molar-refractivity contribution in [3.8, 4) is 0 Å². The second kappa shape index (κ2) is 10.6. The fraction of sp³-hybridized carbons (Fsp3) is 0.269. The Morgan fingerprint density at radius 3 is 2.39 bits per heavy atom. The number of aromatic nitrogens is 1. The number of nitrogens with zero attached hydrogens (tertiary/aromatic N) is 2. The van der Waals surface area contributed by atoms with Gasteiger partial charge in [0.1, 0.15) is 5.03 Å². The molecule has 1 aliphatic heterocycles. The van der Waals surface area contributed by atoms with Gasteiger partial charge in [-0.15, -0.1) is 0 Å². The summed E-state index contributed by atoms with van der Waals surface area (Å²) in [6, 6.07) is 20.8. The van der Waals surface area contributed by atoms with E-state index in [9.17, 15) is 9.59 Å². The Labute approximate surface area is 198 Å². The summed E-state index contributed by atoms with van der Waals surface area (Å²) in [5.74, 6) is -0.177. The zero-order valence-electron chi connectivity index (χ0n) is 18.7. The number of carbonyl (C=O) groups is 2. The van der Waals surface area contributed by atoms with Crippen molar-refractivity contribution in [1.82, 2.24) is 15.2 Å². The highest BCUT2D eigenvalue weighted by molar-refractivity contribution is 7.99. The van der Waals surface area contributed by atoms with Crippen LogP contribution in [0.5, 0.6) is 0 Å². The van der Waals surface area contributed by atoms with Gasteiger partial charge in [0, 0.05) is 36.3 Å². The van der Waals surface area contributed by atoms with Crippen molar-refractivity contribution in [3.05, 3.63) is 89.6 Å². The topological polar surface area (TPSA) is 71.5 Å². The number of rotatable bonds is 6. The minimum atomic E-state index is -0.182. The zero-order chi connectivity index (χ0) is 23.2. The van der Waals surface area contributed by atoms with Crippen molar-refractivity contribution >= 4 is 23.6 Å². The number of pyridine rings is 1. The predicted molar refractivity (Wildman–Crippen MR) is 128 cm³/mol. The number of morpholine rings is 1. The molecule has 4 rings (SSSR count). The second-order valence-electron chi connectivity index (χ2n) is 8.12. The lowest BCUT2D eigenvalue weighted by molar-refractivity contribution is -0.0586. The van der Waals surface area contributed by atoms with Gasteiger partial charge in [0.25, 0.3) is 11.8 Å². The predicted octanol–water partition coefficient (Wildman–Crippen LogP) is 4.41. The first-order valence-electron chi connectivity index (χ1n) is 11.0. The maximum atomic E-state index is 12.8. The number of nitrogens with one attached hydrogen (secondary N) is 1. The van der Waals surface area contributed by atoms with Crippen LogP contribution in [0.3, 0.4) is 0 Å². The lowest BCUT2D eigenvalue weighted by atomic mass is 10.1. The van der Waals surface area contributed by atoms with E-state index in [1.54, 1.807) is 18.3 Å². The summed E-state index contributed by atoms with van der Waals surface area (Å²) in [6.45, 7) is 5.51. The maximum Gasteiger partial charge on any atom is 0.254 e. The zero-order valence-corrected chi connectivity index (χ0v) is 19.5. The monoisotopic (exact) mass is 461 g/mol. The Balaban J connectivity index is 1.37. The van der Waals surface area contributed by atoms with Crippen LogP contribution in [-0.4, -0.2) is 47.0 Å². The van der Waals surface area contributed by atoms with Crippen LogP contribution in [0.4, 0.5) is 0 Å². The average molecular weight is 462 g/mol. The van der Waals surface area contributed by atoms with Gasteiger partial charge < -0.3 is 15.0 Å². The van der Waals surface area contributed by atoms with E-state index >= 15 is 0 Å². The lowest BCUT2D eigenvalue weighted by Gasteiger charge is -2.35. The van der Waals surface area contributed by atoms with E-state index in [1.165, 1.54) is 11.8 Å².